The molecule has 7 nitrogen and oxygen atoms in total. The zero-order chi connectivity index (χ0) is 19.1. The number of nitrogens with zero attached hydrogens (tertiary/aromatic N) is 2. The number of hydrogen-bond acceptors (Lipinski definition) is 7. The molecule has 1 aromatic carbocycles. The molecule has 2 amide bonds. The lowest BCUT2D eigenvalue weighted by atomic mass is 10.1. The maximum atomic E-state index is 13.0. The summed E-state index contributed by atoms with van der Waals surface area (Å²) in [6.07, 6.45) is 2.60. The monoisotopic (exact) mass is 397 g/mol. The van der Waals surface area contributed by atoms with Crippen molar-refractivity contribution in [1.82, 2.24) is 9.62 Å². The fourth-order valence-electron chi connectivity index (χ4n) is 3.04. The Morgan fingerprint density at radius 3 is 2.50 bits per heavy atom. The van der Waals surface area contributed by atoms with Crippen LogP contribution >= 0.6 is 11.9 Å². The number of nitrogens with one attached hydrogen (secondary N) is 1. The number of rotatable bonds is 8. The molecule has 3 unspecified atom stereocenters. The first-order valence-electron chi connectivity index (χ1n) is 8.55. The number of benzene rings is 1. The Labute approximate surface area is 159 Å². The second-order valence-corrected chi connectivity index (χ2v) is 7.65. The van der Waals surface area contributed by atoms with E-state index in [1.165, 1.54) is 4.90 Å². The number of unbranched alkanes of at least 4 members (excludes halogenated alkanes) is 2. The van der Waals surface area contributed by atoms with E-state index in [0.29, 0.717) is 6.54 Å². The van der Waals surface area contributed by atoms with Gasteiger partial charge in [-0.2, -0.15) is 12.8 Å². The Hall–Kier alpha value is -1.71. The minimum Gasteiger partial charge on any atom is -0.274 e. The first-order valence-corrected chi connectivity index (χ1v) is 10.4. The molecule has 0 saturated heterocycles. The number of carbonyl (C=O) groups is 2. The molecule has 1 saturated carbocycles. The van der Waals surface area contributed by atoms with Crippen molar-refractivity contribution >= 4 is 33.6 Å². The van der Waals surface area contributed by atoms with Gasteiger partial charge in [0.15, 0.2) is 0 Å². The fraction of sp³-hybridized carbons (Fsp3) is 0.529. The minimum absolute atomic E-state index is 0.317. The van der Waals surface area contributed by atoms with E-state index in [0.717, 1.165) is 36.8 Å². The van der Waals surface area contributed by atoms with Crippen LogP contribution in [0.1, 0.15) is 37.7 Å². The molecule has 0 spiro atoms. The van der Waals surface area contributed by atoms with Gasteiger partial charge in [-0.3, -0.25) is 19.2 Å². The average Bonchev–Trinajstić information content (AvgIpc) is 3.32. The number of carbonyl (C=O) groups excluding carboxylic acids is 2. The zero-order valence-corrected chi connectivity index (χ0v) is 16.4. The van der Waals surface area contributed by atoms with E-state index in [1.807, 2.05) is 37.3 Å². The summed E-state index contributed by atoms with van der Waals surface area (Å²) in [6.45, 7) is 2.37. The zero-order valence-electron chi connectivity index (χ0n) is 14.8. The molecule has 1 aliphatic carbocycles. The van der Waals surface area contributed by atoms with Crippen LogP contribution in [0.15, 0.2) is 34.7 Å². The van der Waals surface area contributed by atoms with Crippen molar-refractivity contribution in [3.8, 4) is 0 Å². The van der Waals surface area contributed by atoms with E-state index in [1.54, 1.807) is 7.05 Å². The molecule has 1 aliphatic rings. The molecule has 1 aromatic rings. The van der Waals surface area contributed by atoms with Gasteiger partial charge in [-0.1, -0.05) is 50.1 Å². The molecule has 3 atom stereocenters. The third-order valence-electron chi connectivity index (χ3n) is 4.32. The van der Waals surface area contributed by atoms with Crippen LogP contribution in [0.25, 0.3) is 0 Å². The summed E-state index contributed by atoms with van der Waals surface area (Å²) in [4.78, 5) is 26.6. The number of amides is 2. The quantitative estimate of drug-likeness (QED) is 0.535. The third-order valence-corrected chi connectivity index (χ3v) is 5.34. The molecule has 0 aromatic heterocycles. The maximum absolute atomic E-state index is 13.0. The van der Waals surface area contributed by atoms with E-state index in [4.69, 9.17) is 0 Å². The van der Waals surface area contributed by atoms with Crippen LogP contribution in [0, 0.1) is 5.92 Å². The SMILES string of the molecule is CCCCCN(C(=O)SNC)C(=O)C1C(N=S(=O)=O)C1c1ccccc1. The summed E-state index contributed by atoms with van der Waals surface area (Å²) in [5, 5.41) is -0.380. The molecule has 1 N–H and O–H groups in total. The van der Waals surface area contributed by atoms with Crippen LogP contribution in [-0.4, -0.2) is 44.1 Å². The Balaban J connectivity index is 2.23. The highest BCUT2D eigenvalue weighted by Crippen LogP contribution is 2.51. The predicted octanol–water partition coefficient (Wildman–Crippen LogP) is 2.84. The molecule has 9 heteroatoms. The van der Waals surface area contributed by atoms with Crippen molar-refractivity contribution in [2.24, 2.45) is 10.3 Å². The van der Waals surface area contributed by atoms with Crippen LogP contribution in [-0.2, 0) is 15.3 Å². The van der Waals surface area contributed by atoms with E-state index < -0.39 is 22.5 Å². The lowest BCUT2D eigenvalue weighted by molar-refractivity contribution is -0.129. The highest BCUT2D eigenvalue weighted by Gasteiger charge is 2.58. The highest BCUT2D eigenvalue weighted by molar-refractivity contribution is 8.11. The van der Waals surface area contributed by atoms with E-state index >= 15 is 0 Å². The fourth-order valence-corrected chi connectivity index (χ4v) is 3.97. The van der Waals surface area contributed by atoms with Crippen molar-refractivity contribution in [3.63, 3.8) is 0 Å². The lowest BCUT2D eigenvalue weighted by Gasteiger charge is -2.20. The van der Waals surface area contributed by atoms with E-state index in [2.05, 4.69) is 9.08 Å². The molecule has 26 heavy (non-hydrogen) atoms. The largest absolute Gasteiger partial charge is 0.311 e. The maximum Gasteiger partial charge on any atom is 0.311 e. The molecule has 0 heterocycles. The number of hydrogen-bond donors (Lipinski definition) is 1. The van der Waals surface area contributed by atoms with Crippen molar-refractivity contribution < 1.29 is 18.0 Å². The van der Waals surface area contributed by atoms with Crippen molar-refractivity contribution in [3.05, 3.63) is 35.9 Å². The molecule has 1 fully saturated rings. The molecular formula is C17H23N3O4S2. The summed E-state index contributed by atoms with van der Waals surface area (Å²) in [5.74, 6) is -1.30. The van der Waals surface area contributed by atoms with Crippen LogP contribution in [0.4, 0.5) is 4.79 Å². The van der Waals surface area contributed by atoms with Gasteiger partial charge >= 0.3 is 15.7 Å². The molecular weight excluding hydrogens is 374 g/mol. The number of imide groups is 1. The van der Waals surface area contributed by atoms with Gasteiger partial charge in [-0.05, 0) is 19.0 Å². The highest BCUT2D eigenvalue weighted by atomic mass is 32.2. The summed E-state index contributed by atoms with van der Waals surface area (Å²) in [7, 11) is -0.986. The van der Waals surface area contributed by atoms with Crippen LogP contribution < -0.4 is 4.72 Å². The topological polar surface area (TPSA) is 95.9 Å². The second kappa shape index (κ2) is 9.84. The molecule has 0 bridgehead atoms. The van der Waals surface area contributed by atoms with E-state index in [9.17, 15) is 18.0 Å². The van der Waals surface area contributed by atoms with Crippen molar-refractivity contribution in [2.75, 3.05) is 13.6 Å². The Morgan fingerprint density at radius 2 is 1.92 bits per heavy atom. The van der Waals surface area contributed by atoms with Gasteiger partial charge in [0.1, 0.15) is 0 Å². The third kappa shape index (κ3) is 5.15. The standard InChI is InChI=1S/C17H23N3O4S2/c1-3-4-8-11-20(17(22)25-18-2)16(21)14-13(15(14)19-26(23)24)12-9-6-5-7-10-12/h5-7,9-10,13-15,18H,3-4,8,11H2,1-2H3. The van der Waals surface area contributed by atoms with Gasteiger partial charge in [-0.25, -0.2) is 0 Å². The average molecular weight is 398 g/mol. The Morgan fingerprint density at radius 1 is 1.23 bits per heavy atom. The van der Waals surface area contributed by atoms with Gasteiger partial charge in [0, 0.05) is 24.4 Å². The van der Waals surface area contributed by atoms with Crippen LogP contribution in [0.2, 0.25) is 0 Å². The Bertz CT molecular complexity index is 759. The summed E-state index contributed by atoms with van der Waals surface area (Å²) < 4.78 is 28.4. The normalized spacial score (nSPS) is 21.1. The smallest absolute Gasteiger partial charge is 0.274 e. The first kappa shape index (κ1) is 20.6. The van der Waals surface area contributed by atoms with Crippen molar-refractivity contribution in [2.45, 2.75) is 38.1 Å². The predicted molar refractivity (Wildman–Crippen MR) is 101 cm³/mol. The van der Waals surface area contributed by atoms with E-state index in [-0.39, 0.29) is 17.1 Å². The lowest BCUT2D eigenvalue weighted by Crippen LogP contribution is -2.38. The molecule has 0 radical (unpaired) electrons. The second-order valence-electron chi connectivity index (χ2n) is 6.04. The summed E-state index contributed by atoms with van der Waals surface area (Å²) in [6, 6.07) is 8.57. The van der Waals surface area contributed by atoms with Crippen LogP contribution in [0.3, 0.4) is 0 Å². The van der Waals surface area contributed by atoms with Crippen LogP contribution in [0.5, 0.6) is 0 Å². The molecule has 2 rings (SSSR count). The van der Waals surface area contributed by atoms with Gasteiger partial charge in [0.05, 0.1) is 12.0 Å². The summed E-state index contributed by atoms with van der Waals surface area (Å²) in [5.41, 5.74) is 0.854. The van der Waals surface area contributed by atoms with Gasteiger partial charge in [0.25, 0.3) is 0 Å². The minimum atomic E-state index is -2.60. The van der Waals surface area contributed by atoms with Gasteiger partial charge in [0.2, 0.25) is 5.91 Å². The van der Waals surface area contributed by atoms with Gasteiger partial charge in [-0.15, -0.1) is 0 Å². The first-order chi connectivity index (χ1) is 12.5. The Kier molecular flexibility index (Phi) is 7.80. The summed E-state index contributed by atoms with van der Waals surface area (Å²) >= 11 is 0.847. The van der Waals surface area contributed by atoms with Crippen molar-refractivity contribution in [1.29, 1.82) is 0 Å². The van der Waals surface area contributed by atoms with Gasteiger partial charge < -0.3 is 0 Å². The molecule has 142 valence electrons. The molecule has 0 aliphatic heterocycles.